The fraction of sp³-hybridized carbons (Fsp3) is 0.818. The lowest BCUT2D eigenvalue weighted by atomic mass is 9.96. The highest BCUT2D eigenvalue weighted by molar-refractivity contribution is 7.86. The maximum absolute atomic E-state index is 12.2. The first-order valence-corrected chi connectivity index (χ1v) is 7.50. The molecular formula is C11H17N3O3S. The van der Waals surface area contributed by atoms with E-state index in [-0.39, 0.29) is 37.3 Å². The van der Waals surface area contributed by atoms with Crippen molar-refractivity contribution in [3.63, 3.8) is 0 Å². The Morgan fingerprint density at radius 2 is 1.94 bits per heavy atom. The van der Waals surface area contributed by atoms with Crippen molar-refractivity contribution in [2.45, 2.75) is 19.8 Å². The highest BCUT2D eigenvalue weighted by atomic mass is 32.2. The highest BCUT2D eigenvalue weighted by Gasteiger charge is 2.41. The quantitative estimate of drug-likeness (QED) is 0.723. The minimum Gasteiger partial charge on any atom is -0.300 e. The second kappa shape index (κ2) is 4.96. The normalized spacial score (nSPS) is 27.4. The number of hydrogen-bond acceptors (Lipinski definition) is 4. The summed E-state index contributed by atoms with van der Waals surface area (Å²) in [5.74, 6) is -0.317. The van der Waals surface area contributed by atoms with Gasteiger partial charge in [-0.25, -0.2) is 0 Å². The van der Waals surface area contributed by atoms with E-state index in [0.29, 0.717) is 6.54 Å². The van der Waals surface area contributed by atoms with Gasteiger partial charge in [0.1, 0.15) is 5.78 Å². The molecule has 7 heteroatoms. The van der Waals surface area contributed by atoms with Gasteiger partial charge >= 0.3 is 0 Å². The largest absolute Gasteiger partial charge is 0.300 e. The number of hydrogen-bond donors (Lipinski definition) is 0. The standard InChI is InChI=1S/C11H17N3O3S/c1-9(15)11-3-2-4-13(8-11)18(16,17)14-6-10(5-12)7-14/h10-11H,2-4,6-8H2,1H3/t11-/m0/s1. The van der Waals surface area contributed by atoms with Crippen molar-refractivity contribution in [3.8, 4) is 6.07 Å². The summed E-state index contributed by atoms with van der Waals surface area (Å²) in [5, 5.41) is 8.66. The van der Waals surface area contributed by atoms with Gasteiger partial charge in [-0.15, -0.1) is 0 Å². The highest BCUT2D eigenvalue weighted by Crippen LogP contribution is 2.26. The predicted molar refractivity (Wildman–Crippen MR) is 64.6 cm³/mol. The van der Waals surface area contributed by atoms with Gasteiger partial charge < -0.3 is 0 Å². The van der Waals surface area contributed by atoms with Gasteiger partial charge in [0.2, 0.25) is 0 Å². The fourth-order valence-corrected chi connectivity index (χ4v) is 4.15. The van der Waals surface area contributed by atoms with Gasteiger partial charge in [0, 0.05) is 32.1 Å². The third-order valence-corrected chi connectivity index (χ3v) is 5.58. The van der Waals surface area contributed by atoms with E-state index in [9.17, 15) is 13.2 Å². The average molecular weight is 271 g/mol. The Morgan fingerprint density at radius 1 is 1.28 bits per heavy atom. The minimum absolute atomic E-state index is 0.0495. The van der Waals surface area contributed by atoms with Gasteiger partial charge in [-0.3, -0.25) is 4.79 Å². The molecule has 2 aliphatic rings. The van der Waals surface area contributed by atoms with Crippen LogP contribution in [-0.4, -0.2) is 49.0 Å². The molecule has 1 atom stereocenters. The molecule has 6 nitrogen and oxygen atoms in total. The Bertz CT molecular complexity index is 476. The molecule has 0 radical (unpaired) electrons. The molecule has 0 N–H and O–H groups in total. The molecule has 0 aromatic heterocycles. The van der Waals surface area contributed by atoms with Crippen LogP contribution in [-0.2, 0) is 15.0 Å². The van der Waals surface area contributed by atoms with Crippen LogP contribution in [0.5, 0.6) is 0 Å². The molecule has 0 aromatic rings. The third kappa shape index (κ3) is 2.41. The first-order valence-electron chi connectivity index (χ1n) is 6.10. The van der Waals surface area contributed by atoms with Crippen molar-refractivity contribution in [2.24, 2.45) is 11.8 Å². The van der Waals surface area contributed by atoms with Crippen molar-refractivity contribution in [1.29, 1.82) is 5.26 Å². The van der Waals surface area contributed by atoms with Crippen LogP contribution >= 0.6 is 0 Å². The van der Waals surface area contributed by atoms with E-state index >= 15 is 0 Å². The van der Waals surface area contributed by atoms with Crippen LogP contribution < -0.4 is 0 Å². The second-order valence-corrected chi connectivity index (χ2v) is 6.89. The van der Waals surface area contributed by atoms with Crippen LogP contribution in [0.15, 0.2) is 0 Å². The molecule has 2 saturated heterocycles. The zero-order chi connectivity index (χ0) is 13.3. The van der Waals surface area contributed by atoms with Crippen molar-refractivity contribution in [2.75, 3.05) is 26.2 Å². The maximum atomic E-state index is 12.2. The van der Waals surface area contributed by atoms with E-state index in [4.69, 9.17) is 5.26 Å². The number of ketones is 1. The summed E-state index contributed by atoms with van der Waals surface area (Å²) in [5.41, 5.74) is 0. The van der Waals surface area contributed by atoms with Gasteiger partial charge in [0.25, 0.3) is 10.2 Å². The molecule has 0 amide bonds. The molecule has 0 aliphatic carbocycles. The number of nitrogens with zero attached hydrogens (tertiary/aromatic N) is 3. The summed E-state index contributed by atoms with van der Waals surface area (Å²) in [7, 11) is -3.47. The van der Waals surface area contributed by atoms with Gasteiger partial charge in [0.05, 0.1) is 12.0 Å². The number of rotatable bonds is 3. The number of Topliss-reactive ketones (excluding diaryl/α,β-unsaturated/α-hetero) is 1. The molecule has 0 saturated carbocycles. The molecule has 100 valence electrons. The van der Waals surface area contributed by atoms with Crippen LogP contribution in [0.1, 0.15) is 19.8 Å². The van der Waals surface area contributed by atoms with E-state index in [1.807, 2.05) is 0 Å². The molecule has 0 unspecified atom stereocenters. The second-order valence-electron chi connectivity index (χ2n) is 4.96. The molecular weight excluding hydrogens is 254 g/mol. The van der Waals surface area contributed by atoms with Crippen molar-refractivity contribution >= 4 is 16.0 Å². The van der Waals surface area contributed by atoms with Crippen molar-refractivity contribution in [1.82, 2.24) is 8.61 Å². The minimum atomic E-state index is -3.47. The van der Waals surface area contributed by atoms with Crippen LogP contribution in [0.25, 0.3) is 0 Å². The number of nitriles is 1. The lowest BCUT2D eigenvalue weighted by Crippen LogP contribution is -2.56. The summed E-state index contributed by atoms with van der Waals surface area (Å²) >= 11 is 0. The lowest BCUT2D eigenvalue weighted by Gasteiger charge is -2.40. The molecule has 2 aliphatic heterocycles. The lowest BCUT2D eigenvalue weighted by molar-refractivity contribution is -0.121. The van der Waals surface area contributed by atoms with Gasteiger partial charge in [-0.05, 0) is 19.8 Å². The monoisotopic (exact) mass is 271 g/mol. The van der Waals surface area contributed by atoms with Gasteiger partial charge in [-0.2, -0.15) is 22.3 Å². The number of piperidine rings is 1. The fourth-order valence-electron chi connectivity index (χ4n) is 2.36. The Balaban J connectivity index is 2.02. The first kappa shape index (κ1) is 13.5. The first-order chi connectivity index (χ1) is 8.45. The molecule has 0 spiro atoms. The number of carbonyl (C=O) groups is 1. The van der Waals surface area contributed by atoms with Crippen LogP contribution in [0.4, 0.5) is 0 Å². The average Bonchev–Trinajstić information content (AvgIpc) is 2.27. The zero-order valence-corrected chi connectivity index (χ0v) is 11.2. The molecule has 2 heterocycles. The van der Waals surface area contributed by atoms with Crippen molar-refractivity contribution < 1.29 is 13.2 Å². The SMILES string of the molecule is CC(=O)[C@H]1CCCN(S(=O)(=O)N2CC(C#N)C2)C1. The van der Waals surface area contributed by atoms with Crippen LogP contribution in [0.2, 0.25) is 0 Å². The summed E-state index contributed by atoms with van der Waals surface area (Å²) in [6.07, 6.45) is 1.49. The van der Waals surface area contributed by atoms with Gasteiger partial charge in [0.15, 0.2) is 0 Å². The Labute approximate surface area is 107 Å². The van der Waals surface area contributed by atoms with E-state index in [0.717, 1.165) is 12.8 Å². The van der Waals surface area contributed by atoms with Gasteiger partial charge in [-0.1, -0.05) is 0 Å². The predicted octanol–water partition coefficient (Wildman–Crippen LogP) is -0.0124. The van der Waals surface area contributed by atoms with E-state index in [1.165, 1.54) is 15.5 Å². The summed E-state index contributed by atoms with van der Waals surface area (Å²) in [6, 6.07) is 2.05. The topological polar surface area (TPSA) is 81.5 Å². The third-order valence-electron chi connectivity index (χ3n) is 3.64. The van der Waals surface area contributed by atoms with Crippen LogP contribution in [0, 0.1) is 23.2 Å². The molecule has 0 bridgehead atoms. The van der Waals surface area contributed by atoms with E-state index in [2.05, 4.69) is 6.07 Å². The van der Waals surface area contributed by atoms with Crippen molar-refractivity contribution in [3.05, 3.63) is 0 Å². The molecule has 2 fully saturated rings. The Kier molecular flexibility index (Phi) is 3.71. The summed E-state index contributed by atoms with van der Waals surface area (Å²) in [4.78, 5) is 11.3. The summed E-state index contributed by atoms with van der Waals surface area (Å²) in [6.45, 7) is 2.82. The molecule has 18 heavy (non-hydrogen) atoms. The zero-order valence-electron chi connectivity index (χ0n) is 10.4. The van der Waals surface area contributed by atoms with Crippen LogP contribution in [0.3, 0.4) is 0 Å². The smallest absolute Gasteiger partial charge is 0.282 e. The maximum Gasteiger partial charge on any atom is 0.282 e. The Hall–Kier alpha value is -0.970. The number of carbonyl (C=O) groups excluding carboxylic acids is 1. The Morgan fingerprint density at radius 3 is 2.50 bits per heavy atom. The van der Waals surface area contributed by atoms with E-state index in [1.54, 1.807) is 0 Å². The van der Waals surface area contributed by atoms with E-state index < -0.39 is 10.2 Å². The summed E-state index contributed by atoms with van der Waals surface area (Å²) < 4.78 is 27.2. The molecule has 0 aromatic carbocycles. The molecule has 2 rings (SSSR count).